The zero-order valence-electron chi connectivity index (χ0n) is 11.6. The third-order valence-electron chi connectivity index (χ3n) is 4.98. The van der Waals surface area contributed by atoms with E-state index in [2.05, 4.69) is 61.2 Å². The highest BCUT2D eigenvalue weighted by Crippen LogP contribution is 2.59. The summed E-state index contributed by atoms with van der Waals surface area (Å²) in [6, 6.07) is 4.32. The quantitative estimate of drug-likeness (QED) is 0.696. The second-order valence-corrected chi connectivity index (χ2v) is 6.38. The number of allylic oxidation sites excluding steroid dienone is 3. The molecular formula is C17H22N+. The maximum atomic E-state index is 2.45. The van der Waals surface area contributed by atoms with Crippen LogP contribution in [0.5, 0.6) is 0 Å². The van der Waals surface area contributed by atoms with Gasteiger partial charge in [0.1, 0.15) is 7.05 Å². The zero-order valence-corrected chi connectivity index (χ0v) is 11.6. The first-order valence-corrected chi connectivity index (χ1v) is 6.91. The Morgan fingerprint density at radius 1 is 1.22 bits per heavy atom. The molecule has 18 heavy (non-hydrogen) atoms. The van der Waals surface area contributed by atoms with E-state index < -0.39 is 0 Å². The summed E-state index contributed by atoms with van der Waals surface area (Å²) in [4.78, 5) is 0. The fourth-order valence-corrected chi connectivity index (χ4v) is 3.40. The van der Waals surface area contributed by atoms with Gasteiger partial charge in [-0.3, -0.25) is 0 Å². The van der Waals surface area contributed by atoms with Crippen molar-refractivity contribution in [1.82, 2.24) is 0 Å². The lowest BCUT2D eigenvalue weighted by molar-refractivity contribution is -0.671. The first-order valence-electron chi connectivity index (χ1n) is 6.91. The van der Waals surface area contributed by atoms with Crippen molar-refractivity contribution in [1.29, 1.82) is 0 Å². The average Bonchev–Trinajstić information content (AvgIpc) is 2.38. The molecule has 1 fully saturated rings. The Balaban J connectivity index is 1.77. The molecule has 1 nitrogen and oxygen atoms in total. The molecule has 94 valence electrons. The fourth-order valence-electron chi connectivity index (χ4n) is 3.40. The molecule has 0 spiro atoms. The van der Waals surface area contributed by atoms with E-state index >= 15 is 0 Å². The van der Waals surface area contributed by atoms with E-state index in [1.54, 1.807) is 5.57 Å². The van der Waals surface area contributed by atoms with Gasteiger partial charge in [-0.15, -0.1) is 0 Å². The van der Waals surface area contributed by atoms with Crippen LogP contribution in [0.4, 0.5) is 0 Å². The average molecular weight is 240 g/mol. The highest BCUT2D eigenvalue weighted by atomic mass is 14.9. The van der Waals surface area contributed by atoms with Gasteiger partial charge in [0.2, 0.25) is 0 Å². The second kappa shape index (κ2) is 4.08. The van der Waals surface area contributed by atoms with Crippen molar-refractivity contribution in [2.45, 2.75) is 26.7 Å². The number of pyridine rings is 1. The summed E-state index contributed by atoms with van der Waals surface area (Å²) in [6.45, 7) is 4.85. The van der Waals surface area contributed by atoms with Gasteiger partial charge in [-0.1, -0.05) is 32.1 Å². The third-order valence-corrected chi connectivity index (χ3v) is 4.98. The van der Waals surface area contributed by atoms with Gasteiger partial charge < -0.3 is 0 Å². The summed E-state index contributed by atoms with van der Waals surface area (Å²) in [6.07, 6.45) is 13.9. The van der Waals surface area contributed by atoms with E-state index in [1.165, 1.54) is 18.4 Å². The highest BCUT2D eigenvalue weighted by Gasteiger charge is 2.50. The monoisotopic (exact) mass is 240 g/mol. The number of nitrogens with zero attached hydrogens (tertiary/aromatic N) is 1. The zero-order chi connectivity index (χ0) is 12.8. The smallest absolute Gasteiger partial charge is 0.169 e. The lowest BCUT2D eigenvalue weighted by Gasteiger charge is -2.56. The van der Waals surface area contributed by atoms with Crippen LogP contribution >= 0.6 is 0 Å². The lowest BCUT2D eigenvalue weighted by Crippen LogP contribution is -2.47. The van der Waals surface area contributed by atoms with Gasteiger partial charge in [0.15, 0.2) is 12.4 Å². The first kappa shape index (κ1) is 11.7. The molecule has 3 aliphatic carbocycles. The van der Waals surface area contributed by atoms with Crippen LogP contribution < -0.4 is 4.57 Å². The highest BCUT2D eigenvalue weighted by molar-refractivity contribution is 5.53. The minimum atomic E-state index is 0.525. The van der Waals surface area contributed by atoms with Crippen molar-refractivity contribution in [2.75, 3.05) is 0 Å². The van der Waals surface area contributed by atoms with Crippen molar-refractivity contribution >= 4 is 6.08 Å². The maximum absolute atomic E-state index is 2.45. The summed E-state index contributed by atoms with van der Waals surface area (Å²) in [5, 5.41) is 0. The predicted octanol–water partition coefficient (Wildman–Crippen LogP) is 3.52. The standard InChI is InChI=1S/C17H22N/c1-17(2)15-7-6-14(16(17)12-15)5-4-13-8-10-18(3)11-9-13/h4-6,8-11,15-16H,7,12H2,1-3H3/q+1/b5-4+/t15-,16-/m0/s1. The number of hydrogen-bond donors (Lipinski definition) is 0. The van der Waals surface area contributed by atoms with Crippen LogP contribution in [-0.4, -0.2) is 0 Å². The van der Waals surface area contributed by atoms with Gasteiger partial charge in [0.25, 0.3) is 0 Å². The Kier molecular flexibility index (Phi) is 2.65. The topological polar surface area (TPSA) is 3.88 Å². The minimum absolute atomic E-state index is 0.525. The number of hydrogen-bond acceptors (Lipinski definition) is 0. The lowest BCUT2D eigenvalue weighted by atomic mass is 9.49. The molecule has 0 unspecified atom stereocenters. The Bertz CT molecular complexity index is 505. The minimum Gasteiger partial charge on any atom is -0.208 e. The van der Waals surface area contributed by atoms with Crippen LogP contribution in [-0.2, 0) is 7.05 Å². The van der Waals surface area contributed by atoms with Gasteiger partial charge in [0.05, 0.1) is 0 Å². The van der Waals surface area contributed by atoms with E-state index in [4.69, 9.17) is 0 Å². The van der Waals surface area contributed by atoms with Crippen LogP contribution in [0.3, 0.4) is 0 Å². The van der Waals surface area contributed by atoms with E-state index in [1.807, 2.05) is 7.05 Å². The van der Waals surface area contributed by atoms with Crippen LogP contribution in [0.2, 0.25) is 0 Å². The van der Waals surface area contributed by atoms with E-state index in [0.717, 1.165) is 11.8 Å². The number of aryl methyl sites for hydroxylation is 1. The molecule has 1 heteroatoms. The molecule has 0 saturated heterocycles. The van der Waals surface area contributed by atoms with E-state index in [0.29, 0.717) is 5.41 Å². The maximum Gasteiger partial charge on any atom is 0.169 e. The molecule has 0 aliphatic heterocycles. The van der Waals surface area contributed by atoms with E-state index in [-0.39, 0.29) is 0 Å². The Labute approximate surface area is 110 Å². The number of rotatable bonds is 2. The SMILES string of the molecule is C[n+]1ccc(/C=C/C2=CC[C@H]3C[C@@H]2C3(C)C)cc1. The molecule has 1 saturated carbocycles. The van der Waals surface area contributed by atoms with Gasteiger partial charge >= 0.3 is 0 Å². The van der Waals surface area contributed by atoms with Gasteiger partial charge in [0, 0.05) is 12.1 Å². The molecule has 0 aromatic carbocycles. The van der Waals surface area contributed by atoms with E-state index in [9.17, 15) is 0 Å². The molecule has 4 rings (SSSR count). The first-order chi connectivity index (χ1) is 8.57. The molecule has 1 aromatic rings. The fraction of sp³-hybridized carbons (Fsp3) is 0.471. The molecule has 0 amide bonds. The molecule has 3 aliphatic rings. The van der Waals surface area contributed by atoms with Crippen molar-refractivity contribution in [3.05, 3.63) is 47.8 Å². The molecule has 1 aromatic heterocycles. The van der Waals surface area contributed by atoms with Crippen LogP contribution in [0.1, 0.15) is 32.3 Å². The molecule has 2 atom stereocenters. The Morgan fingerprint density at radius 3 is 2.56 bits per heavy atom. The predicted molar refractivity (Wildman–Crippen MR) is 74.7 cm³/mol. The van der Waals surface area contributed by atoms with Crippen molar-refractivity contribution < 1.29 is 4.57 Å². The van der Waals surface area contributed by atoms with Crippen molar-refractivity contribution in [2.24, 2.45) is 24.3 Å². The Morgan fingerprint density at radius 2 is 1.94 bits per heavy atom. The van der Waals surface area contributed by atoms with Crippen LogP contribution in [0.25, 0.3) is 6.08 Å². The molecule has 2 bridgehead atoms. The van der Waals surface area contributed by atoms with Gasteiger partial charge in [-0.05, 0) is 41.2 Å². The normalized spacial score (nSPS) is 28.9. The molecule has 1 heterocycles. The number of aromatic nitrogens is 1. The number of fused-ring (bicyclic) bond motifs is 1. The largest absolute Gasteiger partial charge is 0.208 e. The summed E-state index contributed by atoms with van der Waals surface area (Å²) in [7, 11) is 2.05. The molecular weight excluding hydrogens is 218 g/mol. The third kappa shape index (κ3) is 1.82. The second-order valence-electron chi connectivity index (χ2n) is 6.38. The summed E-state index contributed by atoms with van der Waals surface area (Å²) in [5.74, 6) is 1.71. The van der Waals surface area contributed by atoms with Gasteiger partial charge in [-0.25, -0.2) is 4.57 Å². The summed E-state index contributed by atoms with van der Waals surface area (Å²) >= 11 is 0. The Hall–Kier alpha value is -1.37. The molecule has 0 radical (unpaired) electrons. The summed E-state index contributed by atoms with van der Waals surface area (Å²) < 4.78 is 2.07. The van der Waals surface area contributed by atoms with Crippen LogP contribution in [0.15, 0.2) is 42.3 Å². The van der Waals surface area contributed by atoms with Gasteiger partial charge in [-0.2, -0.15) is 0 Å². The van der Waals surface area contributed by atoms with Crippen molar-refractivity contribution in [3.63, 3.8) is 0 Å². The molecule has 0 N–H and O–H groups in total. The van der Waals surface area contributed by atoms with Crippen molar-refractivity contribution in [3.8, 4) is 0 Å². The van der Waals surface area contributed by atoms with Crippen LogP contribution in [0, 0.1) is 17.3 Å². The summed E-state index contributed by atoms with van der Waals surface area (Å²) in [5.41, 5.74) is 3.36.